The van der Waals surface area contributed by atoms with Gasteiger partial charge in [-0.1, -0.05) is 110 Å². The van der Waals surface area contributed by atoms with Gasteiger partial charge in [0.2, 0.25) is 0 Å². The molecule has 0 radical (unpaired) electrons. The number of aliphatic hydroxyl groups is 1. The molecule has 0 heterocycles. The summed E-state index contributed by atoms with van der Waals surface area (Å²) in [5, 5.41) is 9.44. The minimum atomic E-state index is 0.407. The highest BCUT2D eigenvalue weighted by atomic mass is 16.3. The minimum absolute atomic E-state index is 0.407. The van der Waals surface area contributed by atoms with Gasteiger partial charge in [0.1, 0.15) is 0 Å². The average Bonchev–Trinajstić information content (AvgIpc) is 2.54. The van der Waals surface area contributed by atoms with Crippen LogP contribution in [0.25, 0.3) is 0 Å². The molecular weight excluding hydrogens is 268 g/mol. The van der Waals surface area contributed by atoms with Crippen LogP contribution in [-0.2, 0) is 0 Å². The molecule has 0 aromatic heterocycles. The van der Waals surface area contributed by atoms with Crippen molar-refractivity contribution >= 4 is 0 Å². The third-order valence-electron chi connectivity index (χ3n) is 4.94. The summed E-state index contributed by atoms with van der Waals surface area (Å²) in [6, 6.07) is 0. The summed E-state index contributed by atoms with van der Waals surface area (Å²) < 4.78 is 0. The fourth-order valence-corrected chi connectivity index (χ4v) is 3.28. The minimum Gasteiger partial charge on any atom is -0.396 e. The maximum atomic E-state index is 9.44. The molecule has 0 aliphatic rings. The SMILES string of the molecule is CCCCCCCCCCCCCC(CO)CCCCCC. The van der Waals surface area contributed by atoms with Crippen LogP contribution in [0.1, 0.15) is 123 Å². The first-order valence-corrected chi connectivity index (χ1v) is 10.5. The third-order valence-corrected chi connectivity index (χ3v) is 4.94. The fourth-order valence-electron chi connectivity index (χ4n) is 3.28. The molecule has 1 N–H and O–H groups in total. The Morgan fingerprint density at radius 2 is 0.818 bits per heavy atom. The topological polar surface area (TPSA) is 20.2 Å². The van der Waals surface area contributed by atoms with Crippen molar-refractivity contribution in [3.05, 3.63) is 0 Å². The average molecular weight is 313 g/mol. The van der Waals surface area contributed by atoms with Crippen LogP contribution >= 0.6 is 0 Å². The van der Waals surface area contributed by atoms with Crippen LogP contribution in [0, 0.1) is 5.92 Å². The Bertz CT molecular complexity index is 190. The molecule has 0 bridgehead atoms. The normalized spacial score (nSPS) is 12.7. The summed E-state index contributed by atoms with van der Waals surface area (Å²) in [5.74, 6) is 0.579. The molecule has 1 heteroatoms. The van der Waals surface area contributed by atoms with Gasteiger partial charge in [0.25, 0.3) is 0 Å². The van der Waals surface area contributed by atoms with Gasteiger partial charge in [-0.25, -0.2) is 0 Å². The molecule has 0 aromatic carbocycles. The lowest BCUT2D eigenvalue weighted by Crippen LogP contribution is -2.06. The van der Waals surface area contributed by atoms with E-state index in [-0.39, 0.29) is 0 Å². The van der Waals surface area contributed by atoms with Crippen LogP contribution in [-0.4, -0.2) is 11.7 Å². The van der Waals surface area contributed by atoms with Crippen LogP contribution in [0.2, 0.25) is 0 Å². The molecule has 0 spiro atoms. The lowest BCUT2D eigenvalue weighted by atomic mass is 9.95. The van der Waals surface area contributed by atoms with Crippen molar-refractivity contribution in [2.24, 2.45) is 5.92 Å². The number of aliphatic hydroxyl groups excluding tert-OH is 1. The molecule has 134 valence electrons. The molecule has 22 heavy (non-hydrogen) atoms. The number of unbranched alkanes of at least 4 members (excludes halogenated alkanes) is 13. The third kappa shape index (κ3) is 16.3. The highest BCUT2D eigenvalue weighted by molar-refractivity contribution is 4.59. The van der Waals surface area contributed by atoms with Gasteiger partial charge in [0.15, 0.2) is 0 Å². The Morgan fingerprint density at radius 3 is 1.18 bits per heavy atom. The fraction of sp³-hybridized carbons (Fsp3) is 1.00. The summed E-state index contributed by atoms with van der Waals surface area (Å²) >= 11 is 0. The van der Waals surface area contributed by atoms with Crippen molar-refractivity contribution in [1.29, 1.82) is 0 Å². The maximum Gasteiger partial charge on any atom is 0.0459 e. The quantitative estimate of drug-likeness (QED) is 0.264. The Hall–Kier alpha value is -0.0400. The van der Waals surface area contributed by atoms with Gasteiger partial charge < -0.3 is 5.11 Å². The van der Waals surface area contributed by atoms with Gasteiger partial charge in [0, 0.05) is 6.61 Å². The molecule has 1 unspecified atom stereocenters. The van der Waals surface area contributed by atoms with E-state index in [4.69, 9.17) is 0 Å². The molecule has 0 rings (SSSR count). The van der Waals surface area contributed by atoms with E-state index in [1.54, 1.807) is 0 Å². The zero-order valence-electron chi connectivity index (χ0n) is 15.8. The van der Waals surface area contributed by atoms with E-state index < -0.39 is 0 Å². The van der Waals surface area contributed by atoms with Gasteiger partial charge in [-0.05, 0) is 18.8 Å². The molecule has 0 saturated carbocycles. The first kappa shape index (κ1) is 22.0. The molecular formula is C21H44O. The first-order valence-electron chi connectivity index (χ1n) is 10.5. The van der Waals surface area contributed by atoms with Crippen molar-refractivity contribution in [1.82, 2.24) is 0 Å². The summed E-state index contributed by atoms with van der Waals surface area (Å²) in [5.41, 5.74) is 0. The van der Waals surface area contributed by atoms with Crippen molar-refractivity contribution < 1.29 is 5.11 Å². The molecule has 1 nitrogen and oxygen atoms in total. The zero-order chi connectivity index (χ0) is 16.3. The lowest BCUT2D eigenvalue weighted by Gasteiger charge is -2.13. The Kier molecular flexibility index (Phi) is 19.0. The highest BCUT2D eigenvalue weighted by Gasteiger charge is 2.06. The summed E-state index contributed by atoms with van der Waals surface area (Å²) in [6.45, 7) is 4.95. The number of hydrogen-bond acceptors (Lipinski definition) is 1. The van der Waals surface area contributed by atoms with E-state index in [9.17, 15) is 5.11 Å². The Morgan fingerprint density at radius 1 is 0.500 bits per heavy atom. The molecule has 0 saturated heterocycles. The second-order valence-electron chi connectivity index (χ2n) is 7.22. The Balaban J connectivity index is 3.22. The van der Waals surface area contributed by atoms with E-state index in [0.717, 1.165) is 0 Å². The van der Waals surface area contributed by atoms with Crippen molar-refractivity contribution in [2.75, 3.05) is 6.61 Å². The van der Waals surface area contributed by atoms with E-state index in [1.807, 2.05) is 0 Å². The zero-order valence-corrected chi connectivity index (χ0v) is 15.8. The second kappa shape index (κ2) is 19.0. The monoisotopic (exact) mass is 312 g/mol. The van der Waals surface area contributed by atoms with Crippen LogP contribution in [0.5, 0.6) is 0 Å². The smallest absolute Gasteiger partial charge is 0.0459 e. The van der Waals surface area contributed by atoms with Gasteiger partial charge in [-0.15, -0.1) is 0 Å². The van der Waals surface area contributed by atoms with Crippen molar-refractivity contribution in [3.63, 3.8) is 0 Å². The molecule has 0 amide bonds. The second-order valence-corrected chi connectivity index (χ2v) is 7.22. The Labute approximate surface area is 141 Å². The molecule has 0 aliphatic carbocycles. The van der Waals surface area contributed by atoms with E-state index in [2.05, 4.69) is 13.8 Å². The molecule has 0 aliphatic heterocycles. The van der Waals surface area contributed by atoms with Crippen LogP contribution < -0.4 is 0 Å². The van der Waals surface area contributed by atoms with Crippen LogP contribution in [0.15, 0.2) is 0 Å². The van der Waals surface area contributed by atoms with Crippen molar-refractivity contribution in [2.45, 2.75) is 123 Å². The van der Waals surface area contributed by atoms with Gasteiger partial charge >= 0.3 is 0 Å². The summed E-state index contributed by atoms with van der Waals surface area (Å²) in [6.07, 6.45) is 23.4. The van der Waals surface area contributed by atoms with E-state index in [1.165, 1.54) is 109 Å². The maximum absolute atomic E-state index is 9.44. The van der Waals surface area contributed by atoms with Crippen LogP contribution in [0.3, 0.4) is 0 Å². The standard InChI is InChI=1S/C21H44O/c1-3-5-7-9-10-11-12-13-14-15-17-19-21(20-22)18-16-8-6-4-2/h21-22H,3-20H2,1-2H3. The highest BCUT2D eigenvalue weighted by Crippen LogP contribution is 2.18. The molecule has 1 atom stereocenters. The van der Waals surface area contributed by atoms with Crippen LogP contribution in [0.4, 0.5) is 0 Å². The summed E-state index contributed by atoms with van der Waals surface area (Å²) in [7, 11) is 0. The number of rotatable bonds is 18. The largest absolute Gasteiger partial charge is 0.396 e. The van der Waals surface area contributed by atoms with Gasteiger partial charge in [-0.3, -0.25) is 0 Å². The number of hydrogen-bond donors (Lipinski definition) is 1. The first-order chi connectivity index (χ1) is 10.8. The predicted octanol–water partition coefficient (Wildman–Crippen LogP) is 7.27. The van der Waals surface area contributed by atoms with Gasteiger partial charge in [0.05, 0.1) is 0 Å². The van der Waals surface area contributed by atoms with E-state index >= 15 is 0 Å². The predicted molar refractivity (Wildman–Crippen MR) is 100 cm³/mol. The summed E-state index contributed by atoms with van der Waals surface area (Å²) in [4.78, 5) is 0. The van der Waals surface area contributed by atoms with Crippen molar-refractivity contribution in [3.8, 4) is 0 Å². The van der Waals surface area contributed by atoms with Gasteiger partial charge in [-0.2, -0.15) is 0 Å². The lowest BCUT2D eigenvalue weighted by molar-refractivity contribution is 0.204. The van der Waals surface area contributed by atoms with E-state index in [0.29, 0.717) is 12.5 Å². The molecule has 0 aromatic rings. The molecule has 0 fully saturated rings.